The van der Waals surface area contributed by atoms with E-state index in [1.807, 2.05) is 13.8 Å². The molecule has 3 nitrogen and oxygen atoms in total. The van der Waals surface area contributed by atoms with Gasteiger partial charge in [-0.15, -0.1) is 11.6 Å². The Morgan fingerprint density at radius 2 is 1.81 bits per heavy atom. The Labute approximate surface area is 109 Å². The molecule has 1 aromatic carbocycles. The van der Waals surface area contributed by atoms with E-state index in [-0.39, 0.29) is 11.6 Å². The zero-order chi connectivity index (χ0) is 12.3. The topological polar surface area (TPSA) is 46.2 Å². The molecular weight excluding hydrogens is 314 g/mol. The maximum absolute atomic E-state index is 11.5. The predicted molar refractivity (Wildman–Crippen MR) is 71.7 cm³/mol. The first-order chi connectivity index (χ1) is 7.35. The fraction of sp³-hybridized carbons (Fsp3) is 0.400. The van der Waals surface area contributed by atoms with Gasteiger partial charge in [-0.1, -0.05) is 15.9 Å². The van der Waals surface area contributed by atoms with Crippen LogP contribution in [-0.2, 0) is 10.0 Å². The standard InChI is InChI=1S/C10H13BrClNO2S/c1-7-5-9(6-8(2)10(7)11)13-16(14,15)4-3-12/h5-6,13H,3-4H2,1-2H3. The number of benzene rings is 1. The van der Waals surface area contributed by atoms with Crippen molar-refractivity contribution < 1.29 is 8.42 Å². The molecule has 0 radical (unpaired) electrons. The lowest BCUT2D eigenvalue weighted by Crippen LogP contribution is -2.17. The third kappa shape index (κ3) is 3.64. The summed E-state index contributed by atoms with van der Waals surface area (Å²) in [6.45, 7) is 3.83. The van der Waals surface area contributed by atoms with E-state index in [9.17, 15) is 8.42 Å². The van der Waals surface area contributed by atoms with E-state index in [1.165, 1.54) is 0 Å². The molecule has 0 saturated carbocycles. The molecule has 1 N–H and O–H groups in total. The van der Waals surface area contributed by atoms with Crippen molar-refractivity contribution >= 4 is 43.2 Å². The zero-order valence-corrected chi connectivity index (χ0v) is 12.2. The molecule has 0 aliphatic heterocycles. The summed E-state index contributed by atoms with van der Waals surface area (Å²) >= 11 is 8.84. The molecule has 0 saturated heterocycles. The molecule has 0 atom stereocenters. The van der Waals surface area contributed by atoms with Gasteiger partial charge in [0.2, 0.25) is 10.0 Å². The summed E-state index contributed by atoms with van der Waals surface area (Å²) in [7, 11) is -3.33. The van der Waals surface area contributed by atoms with Crippen LogP contribution in [0.3, 0.4) is 0 Å². The molecule has 16 heavy (non-hydrogen) atoms. The van der Waals surface area contributed by atoms with E-state index < -0.39 is 10.0 Å². The van der Waals surface area contributed by atoms with Gasteiger partial charge in [0.1, 0.15) is 0 Å². The second-order valence-corrected chi connectivity index (χ2v) is 6.55. The number of nitrogens with one attached hydrogen (secondary N) is 1. The fourth-order valence-corrected chi connectivity index (χ4v) is 2.96. The number of aryl methyl sites for hydroxylation is 2. The van der Waals surface area contributed by atoms with Crippen LogP contribution in [0.25, 0.3) is 0 Å². The largest absolute Gasteiger partial charge is 0.284 e. The smallest absolute Gasteiger partial charge is 0.233 e. The summed E-state index contributed by atoms with van der Waals surface area (Å²) < 4.78 is 26.5. The Bertz CT molecular complexity index is 465. The SMILES string of the molecule is Cc1cc(NS(=O)(=O)CCCl)cc(C)c1Br. The number of hydrogen-bond donors (Lipinski definition) is 1. The second-order valence-electron chi connectivity index (χ2n) is 3.53. The first kappa shape index (κ1) is 13.8. The Kier molecular flexibility index (Phi) is 4.64. The van der Waals surface area contributed by atoms with Gasteiger partial charge in [0.15, 0.2) is 0 Å². The first-order valence-corrected chi connectivity index (χ1v) is 7.67. The minimum Gasteiger partial charge on any atom is -0.284 e. The molecule has 0 spiro atoms. The van der Waals surface area contributed by atoms with Crippen molar-refractivity contribution in [1.82, 2.24) is 0 Å². The predicted octanol–water partition coefficient (Wildman–Crippen LogP) is 3.05. The third-order valence-corrected chi connectivity index (χ3v) is 5.01. The molecule has 90 valence electrons. The minimum atomic E-state index is -3.33. The van der Waals surface area contributed by atoms with Gasteiger partial charge in [0.25, 0.3) is 0 Å². The molecular formula is C10H13BrClNO2S. The lowest BCUT2D eigenvalue weighted by atomic mass is 10.1. The van der Waals surface area contributed by atoms with E-state index in [0.29, 0.717) is 5.69 Å². The molecule has 0 fully saturated rings. The van der Waals surface area contributed by atoms with Crippen molar-refractivity contribution in [1.29, 1.82) is 0 Å². The minimum absolute atomic E-state index is 0.0806. The fourth-order valence-electron chi connectivity index (χ4n) is 1.34. The van der Waals surface area contributed by atoms with Crippen LogP contribution >= 0.6 is 27.5 Å². The van der Waals surface area contributed by atoms with Crippen LogP contribution in [0.2, 0.25) is 0 Å². The van der Waals surface area contributed by atoms with E-state index in [2.05, 4.69) is 20.7 Å². The summed E-state index contributed by atoms with van der Waals surface area (Å²) in [6, 6.07) is 3.56. The highest BCUT2D eigenvalue weighted by molar-refractivity contribution is 9.10. The van der Waals surface area contributed by atoms with Crippen LogP contribution in [0.15, 0.2) is 16.6 Å². The summed E-state index contributed by atoms with van der Waals surface area (Å²) in [5, 5.41) is 0. The maximum Gasteiger partial charge on any atom is 0.233 e. The summed E-state index contributed by atoms with van der Waals surface area (Å²) in [6.07, 6.45) is 0. The Morgan fingerprint density at radius 3 is 2.25 bits per heavy atom. The summed E-state index contributed by atoms with van der Waals surface area (Å²) in [5.41, 5.74) is 2.55. The lowest BCUT2D eigenvalue weighted by molar-refractivity contribution is 0.602. The Balaban J connectivity index is 2.99. The van der Waals surface area contributed by atoms with Crippen LogP contribution in [0, 0.1) is 13.8 Å². The number of alkyl halides is 1. The van der Waals surface area contributed by atoms with Gasteiger partial charge < -0.3 is 0 Å². The van der Waals surface area contributed by atoms with Crippen molar-refractivity contribution in [2.75, 3.05) is 16.4 Å². The van der Waals surface area contributed by atoms with Crippen molar-refractivity contribution in [3.8, 4) is 0 Å². The lowest BCUT2D eigenvalue weighted by Gasteiger charge is -2.10. The Morgan fingerprint density at radius 1 is 1.31 bits per heavy atom. The van der Waals surface area contributed by atoms with Crippen molar-refractivity contribution in [2.45, 2.75) is 13.8 Å². The molecule has 0 unspecified atom stereocenters. The van der Waals surface area contributed by atoms with Gasteiger partial charge in [-0.25, -0.2) is 8.42 Å². The number of sulfonamides is 1. The van der Waals surface area contributed by atoms with Crippen LogP contribution in [0.4, 0.5) is 5.69 Å². The number of rotatable bonds is 4. The number of halogens is 2. The van der Waals surface area contributed by atoms with Crippen LogP contribution in [0.5, 0.6) is 0 Å². The van der Waals surface area contributed by atoms with Crippen molar-refractivity contribution in [3.05, 3.63) is 27.7 Å². The molecule has 1 aromatic rings. The van der Waals surface area contributed by atoms with Crippen LogP contribution in [0.1, 0.15) is 11.1 Å². The second kappa shape index (κ2) is 5.38. The van der Waals surface area contributed by atoms with Gasteiger partial charge in [0.05, 0.1) is 5.75 Å². The van der Waals surface area contributed by atoms with E-state index in [0.717, 1.165) is 15.6 Å². The normalized spacial score (nSPS) is 11.5. The summed E-state index contributed by atoms with van der Waals surface area (Å²) in [5.74, 6) is 0.00649. The van der Waals surface area contributed by atoms with Crippen LogP contribution < -0.4 is 4.72 Å². The molecule has 0 aromatic heterocycles. The number of anilines is 1. The molecule has 0 amide bonds. The average molecular weight is 327 g/mol. The average Bonchev–Trinajstić information content (AvgIpc) is 2.13. The van der Waals surface area contributed by atoms with Crippen molar-refractivity contribution in [2.24, 2.45) is 0 Å². The molecule has 0 heterocycles. The summed E-state index contributed by atoms with van der Waals surface area (Å²) in [4.78, 5) is 0. The monoisotopic (exact) mass is 325 g/mol. The number of hydrogen-bond acceptors (Lipinski definition) is 2. The highest BCUT2D eigenvalue weighted by Crippen LogP contribution is 2.25. The maximum atomic E-state index is 11.5. The van der Waals surface area contributed by atoms with Crippen molar-refractivity contribution in [3.63, 3.8) is 0 Å². The quantitative estimate of drug-likeness (QED) is 0.864. The Hall–Kier alpha value is -0.260. The highest BCUT2D eigenvalue weighted by atomic mass is 79.9. The first-order valence-electron chi connectivity index (χ1n) is 4.69. The van der Waals surface area contributed by atoms with Gasteiger partial charge in [-0.3, -0.25) is 4.72 Å². The van der Waals surface area contributed by atoms with Gasteiger partial charge in [-0.05, 0) is 37.1 Å². The van der Waals surface area contributed by atoms with E-state index >= 15 is 0 Å². The zero-order valence-electron chi connectivity index (χ0n) is 9.05. The van der Waals surface area contributed by atoms with Crippen LogP contribution in [-0.4, -0.2) is 20.1 Å². The molecule has 1 rings (SSSR count). The van der Waals surface area contributed by atoms with Gasteiger partial charge >= 0.3 is 0 Å². The van der Waals surface area contributed by atoms with E-state index in [1.54, 1.807) is 12.1 Å². The molecule has 0 aliphatic carbocycles. The third-order valence-electron chi connectivity index (χ3n) is 2.06. The van der Waals surface area contributed by atoms with Gasteiger partial charge in [0, 0.05) is 16.0 Å². The van der Waals surface area contributed by atoms with Gasteiger partial charge in [-0.2, -0.15) is 0 Å². The molecule has 0 bridgehead atoms. The van der Waals surface area contributed by atoms with E-state index in [4.69, 9.17) is 11.6 Å². The molecule has 6 heteroatoms. The molecule has 0 aliphatic rings. The highest BCUT2D eigenvalue weighted by Gasteiger charge is 2.10.